The Balaban J connectivity index is 3.28. The van der Waals surface area contributed by atoms with Crippen molar-refractivity contribution in [2.75, 3.05) is 7.11 Å². The maximum absolute atomic E-state index is 8.77. The van der Waals surface area contributed by atoms with Crippen molar-refractivity contribution in [3.8, 4) is 11.8 Å². The van der Waals surface area contributed by atoms with E-state index in [1.807, 2.05) is 13.0 Å². The van der Waals surface area contributed by atoms with Gasteiger partial charge in [-0.15, -0.1) is 0 Å². The lowest BCUT2D eigenvalue weighted by molar-refractivity contribution is 0.409. The van der Waals surface area contributed by atoms with Gasteiger partial charge in [0.15, 0.2) is 0 Å². The van der Waals surface area contributed by atoms with Crippen molar-refractivity contribution in [3.63, 3.8) is 0 Å². The molecular weight excluding hydrogens is 164 g/mol. The zero-order valence-electron chi connectivity index (χ0n) is 7.79. The minimum atomic E-state index is 0.426. The van der Waals surface area contributed by atoms with Gasteiger partial charge in [-0.2, -0.15) is 5.26 Å². The van der Waals surface area contributed by atoms with E-state index in [0.29, 0.717) is 17.9 Å². The zero-order chi connectivity index (χ0) is 9.84. The van der Waals surface area contributed by atoms with Crippen molar-refractivity contribution in [1.82, 2.24) is 0 Å². The molecule has 1 rings (SSSR count). The van der Waals surface area contributed by atoms with E-state index >= 15 is 0 Å². The molecule has 1 aromatic rings. The van der Waals surface area contributed by atoms with Crippen LogP contribution >= 0.6 is 0 Å². The fraction of sp³-hybridized carbons (Fsp3) is 0.300. The van der Waals surface area contributed by atoms with E-state index in [9.17, 15) is 0 Å². The van der Waals surface area contributed by atoms with Gasteiger partial charge in [0.1, 0.15) is 5.75 Å². The molecule has 13 heavy (non-hydrogen) atoms. The number of methoxy groups -OCH3 is 1. The highest BCUT2D eigenvalue weighted by atomic mass is 16.5. The van der Waals surface area contributed by atoms with Gasteiger partial charge in [0.25, 0.3) is 0 Å². The summed E-state index contributed by atoms with van der Waals surface area (Å²) in [6.45, 7) is 2.31. The van der Waals surface area contributed by atoms with E-state index in [0.717, 1.165) is 11.1 Å². The average Bonchev–Trinajstić information content (AvgIpc) is 2.17. The van der Waals surface area contributed by atoms with Crippen molar-refractivity contribution in [3.05, 3.63) is 28.8 Å². The van der Waals surface area contributed by atoms with Crippen LogP contribution in [0.2, 0.25) is 0 Å². The molecule has 0 unspecified atom stereocenters. The Hall–Kier alpha value is -1.53. The Kier molecular flexibility index (Phi) is 2.88. The lowest BCUT2D eigenvalue weighted by atomic mass is 10.0. The number of nitrogens with zero attached hydrogens (tertiary/aromatic N) is 1. The molecule has 0 bridgehead atoms. The standard InChI is InChI=1S/C10H12N2O/c1-7-3-9(6-12)10(13-2)4-8(7)5-11/h3-4H,6,12H2,1-2H3. The van der Waals surface area contributed by atoms with Crippen LogP contribution < -0.4 is 10.5 Å². The first-order valence-electron chi connectivity index (χ1n) is 4.00. The number of nitriles is 1. The number of aryl methyl sites for hydroxylation is 1. The average molecular weight is 176 g/mol. The van der Waals surface area contributed by atoms with Crippen LogP contribution in [0.25, 0.3) is 0 Å². The lowest BCUT2D eigenvalue weighted by Crippen LogP contribution is -2.01. The summed E-state index contributed by atoms with van der Waals surface area (Å²) in [5, 5.41) is 8.77. The molecular formula is C10H12N2O. The molecule has 0 aromatic heterocycles. The van der Waals surface area contributed by atoms with Gasteiger partial charge >= 0.3 is 0 Å². The summed E-state index contributed by atoms with van der Waals surface area (Å²) in [6, 6.07) is 5.71. The van der Waals surface area contributed by atoms with Crippen molar-refractivity contribution < 1.29 is 4.74 Å². The van der Waals surface area contributed by atoms with Gasteiger partial charge in [-0.1, -0.05) is 0 Å². The highest BCUT2D eigenvalue weighted by molar-refractivity contribution is 5.47. The van der Waals surface area contributed by atoms with E-state index in [1.165, 1.54) is 0 Å². The highest BCUT2D eigenvalue weighted by Crippen LogP contribution is 2.22. The first-order valence-corrected chi connectivity index (χ1v) is 4.00. The monoisotopic (exact) mass is 176 g/mol. The second kappa shape index (κ2) is 3.92. The largest absolute Gasteiger partial charge is 0.496 e. The van der Waals surface area contributed by atoms with Crippen molar-refractivity contribution in [2.24, 2.45) is 5.73 Å². The predicted octanol–water partition coefficient (Wildman–Crippen LogP) is 1.33. The number of ether oxygens (including phenoxy) is 1. The molecule has 0 aliphatic rings. The smallest absolute Gasteiger partial charge is 0.124 e. The molecule has 0 radical (unpaired) electrons. The van der Waals surface area contributed by atoms with Crippen LogP contribution in [0.5, 0.6) is 5.75 Å². The second-order valence-electron chi connectivity index (χ2n) is 2.79. The summed E-state index contributed by atoms with van der Waals surface area (Å²) in [4.78, 5) is 0. The highest BCUT2D eigenvalue weighted by Gasteiger charge is 2.05. The zero-order valence-corrected chi connectivity index (χ0v) is 7.79. The summed E-state index contributed by atoms with van der Waals surface area (Å²) in [7, 11) is 1.57. The van der Waals surface area contributed by atoms with Gasteiger partial charge in [0, 0.05) is 12.1 Å². The van der Waals surface area contributed by atoms with E-state index < -0.39 is 0 Å². The Morgan fingerprint density at radius 2 is 2.23 bits per heavy atom. The van der Waals surface area contributed by atoms with Crippen LogP contribution in [0.1, 0.15) is 16.7 Å². The van der Waals surface area contributed by atoms with Gasteiger partial charge in [0.2, 0.25) is 0 Å². The van der Waals surface area contributed by atoms with Crippen LogP contribution in [0, 0.1) is 18.3 Å². The van der Waals surface area contributed by atoms with Gasteiger partial charge in [-0.25, -0.2) is 0 Å². The van der Waals surface area contributed by atoms with Crippen LogP contribution in [0.4, 0.5) is 0 Å². The molecule has 3 heteroatoms. The fourth-order valence-corrected chi connectivity index (χ4v) is 1.22. The Morgan fingerprint density at radius 3 is 2.69 bits per heavy atom. The molecule has 0 saturated carbocycles. The SMILES string of the molecule is COc1cc(C#N)c(C)cc1CN. The van der Waals surface area contributed by atoms with E-state index in [-0.39, 0.29) is 0 Å². The maximum Gasteiger partial charge on any atom is 0.124 e. The molecule has 0 heterocycles. The van der Waals surface area contributed by atoms with Crippen LogP contribution in [-0.2, 0) is 6.54 Å². The number of rotatable bonds is 2. The van der Waals surface area contributed by atoms with Gasteiger partial charge in [-0.05, 0) is 24.6 Å². The number of nitrogens with two attached hydrogens (primary N) is 1. The Labute approximate surface area is 77.7 Å². The topological polar surface area (TPSA) is 59.0 Å². The van der Waals surface area contributed by atoms with Gasteiger partial charge < -0.3 is 10.5 Å². The minimum Gasteiger partial charge on any atom is -0.496 e. The molecule has 0 saturated heterocycles. The molecule has 0 atom stereocenters. The molecule has 0 aliphatic carbocycles. The normalized spacial score (nSPS) is 9.38. The number of benzene rings is 1. The molecule has 2 N–H and O–H groups in total. The van der Waals surface area contributed by atoms with Crippen LogP contribution in [0.3, 0.4) is 0 Å². The van der Waals surface area contributed by atoms with Crippen molar-refractivity contribution in [1.29, 1.82) is 5.26 Å². The minimum absolute atomic E-state index is 0.426. The van der Waals surface area contributed by atoms with E-state index in [2.05, 4.69) is 6.07 Å². The van der Waals surface area contributed by atoms with Crippen molar-refractivity contribution in [2.45, 2.75) is 13.5 Å². The van der Waals surface area contributed by atoms with Gasteiger partial charge in [0.05, 0.1) is 18.7 Å². The van der Waals surface area contributed by atoms with Crippen LogP contribution in [-0.4, -0.2) is 7.11 Å². The number of hydrogen-bond acceptors (Lipinski definition) is 3. The van der Waals surface area contributed by atoms with Crippen molar-refractivity contribution >= 4 is 0 Å². The predicted molar refractivity (Wildman–Crippen MR) is 50.3 cm³/mol. The third kappa shape index (κ3) is 1.79. The Bertz CT molecular complexity index is 353. The third-order valence-electron chi connectivity index (χ3n) is 1.97. The maximum atomic E-state index is 8.77. The quantitative estimate of drug-likeness (QED) is 0.739. The Morgan fingerprint density at radius 1 is 1.54 bits per heavy atom. The molecule has 0 spiro atoms. The number of hydrogen-bond donors (Lipinski definition) is 1. The molecule has 3 nitrogen and oxygen atoms in total. The molecule has 0 aliphatic heterocycles. The molecule has 0 amide bonds. The second-order valence-corrected chi connectivity index (χ2v) is 2.79. The first kappa shape index (κ1) is 9.56. The summed E-state index contributed by atoms with van der Waals surface area (Å²) >= 11 is 0. The fourth-order valence-electron chi connectivity index (χ4n) is 1.22. The summed E-state index contributed by atoms with van der Waals surface area (Å²) in [6.07, 6.45) is 0. The van der Waals surface area contributed by atoms with Crippen LogP contribution in [0.15, 0.2) is 12.1 Å². The summed E-state index contributed by atoms with van der Waals surface area (Å²) in [5.74, 6) is 0.685. The van der Waals surface area contributed by atoms with E-state index in [1.54, 1.807) is 13.2 Å². The molecule has 0 fully saturated rings. The first-order chi connectivity index (χ1) is 6.22. The molecule has 1 aromatic carbocycles. The summed E-state index contributed by atoms with van der Waals surface area (Å²) < 4.78 is 5.10. The van der Waals surface area contributed by atoms with Gasteiger partial charge in [-0.3, -0.25) is 0 Å². The summed E-state index contributed by atoms with van der Waals surface area (Å²) in [5.41, 5.74) is 8.02. The lowest BCUT2D eigenvalue weighted by Gasteiger charge is -2.08. The molecule has 68 valence electrons. The third-order valence-corrected chi connectivity index (χ3v) is 1.97. The van der Waals surface area contributed by atoms with E-state index in [4.69, 9.17) is 15.7 Å².